The fraction of sp³-hybridized carbons (Fsp3) is 0.520. The van der Waals surface area contributed by atoms with Crippen LogP contribution in [0.25, 0.3) is 11.7 Å². The molecule has 0 spiro atoms. The summed E-state index contributed by atoms with van der Waals surface area (Å²) < 4.78 is 7.47. The quantitative estimate of drug-likeness (QED) is 0.234. The molecule has 7 nitrogen and oxygen atoms in total. The maximum absolute atomic E-state index is 13.4. The molecule has 1 N–H and O–H groups in total. The zero-order valence-electron chi connectivity index (χ0n) is 20.3. The highest BCUT2D eigenvalue weighted by atomic mass is 32.2. The fourth-order valence-corrected chi connectivity index (χ4v) is 5.04. The Labute approximate surface area is 211 Å². The number of aromatic nitrogens is 2. The van der Waals surface area contributed by atoms with E-state index in [0.29, 0.717) is 52.6 Å². The highest BCUT2D eigenvalue weighted by molar-refractivity contribution is 8.26. The van der Waals surface area contributed by atoms with Gasteiger partial charge in [-0.05, 0) is 44.4 Å². The summed E-state index contributed by atoms with van der Waals surface area (Å²) in [4.78, 5) is 33.3. The minimum Gasteiger partial charge on any atom is -0.382 e. The fourth-order valence-electron chi connectivity index (χ4n) is 3.75. The number of hydrogen-bond donors (Lipinski definition) is 1. The number of aryl methyl sites for hydroxylation is 1. The summed E-state index contributed by atoms with van der Waals surface area (Å²) in [6.07, 6.45) is 9.74. The van der Waals surface area contributed by atoms with E-state index in [0.717, 1.165) is 24.8 Å². The molecule has 0 unspecified atom stereocenters. The van der Waals surface area contributed by atoms with Crippen LogP contribution in [0.15, 0.2) is 28.0 Å². The third-order valence-corrected chi connectivity index (χ3v) is 6.98. The van der Waals surface area contributed by atoms with Gasteiger partial charge in [-0.15, -0.1) is 0 Å². The van der Waals surface area contributed by atoms with Crippen LogP contribution in [-0.2, 0) is 9.53 Å². The van der Waals surface area contributed by atoms with Gasteiger partial charge in [0.05, 0.1) is 10.5 Å². The molecule has 0 radical (unpaired) electrons. The molecule has 1 fully saturated rings. The Balaban J connectivity index is 1.87. The van der Waals surface area contributed by atoms with Gasteiger partial charge in [-0.2, -0.15) is 0 Å². The van der Waals surface area contributed by atoms with Crippen LogP contribution in [0.4, 0.5) is 5.82 Å². The molecule has 0 saturated carbocycles. The molecule has 0 aliphatic carbocycles. The number of fused-ring (bicyclic) bond motifs is 1. The van der Waals surface area contributed by atoms with Crippen LogP contribution in [0.2, 0.25) is 0 Å². The van der Waals surface area contributed by atoms with E-state index >= 15 is 0 Å². The number of thioether (sulfide) groups is 1. The van der Waals surface area contributed by atoms with E-state index < -0.39 is 0 Å². The van der Waals surface area contributed by atoms with Gasteiger partial charge in [0.2, 0.25) is 0 Å². The zero-order chi connectivity index (χ0) is 24.5. The van der Waals surface area contributed by atoms with Gasteiger partial charge >= 0.3 is 0 Å². The van der Waals surface area contributed by atoms with Crippen molar-refractivity contribution in [1.29, 1.82) is 0 Å². The van der Waals surface area contributed by atoms with Crippen molar-refractivity contribution in [2.45, 2.75) is 59.3 Å². The summed E-state index contributed by atoms with van der Waals surface area (Å²) in [6, 6.07) is 3.75. The first-order valence-corrected chi connectivity index (χ1v) is 13.3. The van der Waals surface area contributed by atoms with E-state index in [4.69, 9.17) is 17.0 Å². The number of ether oxygens (including phenoxy) is 1. The molecule has 0 aromatic carbocycles. The molecule has 0 bridgehead atoms. The average molecular weight is 503 g/mol. The number of pyridine rings is 1. The first-order chi connectivity index (χ1) is 16.5. The van der Waals surface area contributed by atoms with Gasteiger partial charge in [-0.25, -0.2) is 4.98 Å². The lowest BCUT2D eigenvalue weighted by atomic mass is 10.1. The van der Waals surface area contributed by atoms with Crippen LogP contribution in [0, 0.1) is 6.92 Å². The van der Waals surface area contributed by atoms with Crippen molar-refractivity contribution in [2.24, 2.45) is 0 Å². The second kappa shape index (κ2) is 13.0. The van der Waals surface area contributed by atoms with E-state index in [-0.39, 0.29) is 11.5 Å². The molecular weight excluding hydrogens is 468 g/mol. The Hall–Kier alpha value is -2.23. The number of anilines is 1. The maximum atomic E-state index is 13.4. The molecule has 184 valence electrons. The number of amides is 1. The molecule has 9 heteroatoms. The summed E-state index contributed by atoms with van der Waals surface area (Å²) in [7, 11) is 0. The maximum Gasteiger partial charge on any atom is 0.267 e. The van der Waals surface area contributed by atoms with Crippen molar-refractivity contribution in [3.8, 4) is 0 Å². The predicted molar refractivity (Wildman–Crippen MR) is 144 cm³/mol. The van der Waals surface area contributed by atoms with E-state index in [9.17, 15) is 9.59 Å². The normalized spacial score (nSPS) is 15.1. The molecule has 3 heterocycles. The minimum atomic E-state index is -0.217. The lowest BCUT2D eigenvalue weighted by molar-refractivity contribution is -0.122. The summed E-state index contributed by atoms with van der Waals surface area (Å²) in [5.74, 6) is 0.330. The third kappa shape index (κ3) is 6.67. The Morgan fingerprint density at radius 2 is 1.94 bits per heavy atom. The van der Waals surface area contributed by atoms with Crippen molar-refractivity contribution in [3.05, 3.63) is 44.7 Å². The molecule has 34 heavy (non-hydrogen) atoms. The van der Waals surface area contributed by atoms with Gasteiger partial charge in [0.1, 0.15) is 15.8 Å². The van der Waals surface area contributed by atoms with Gasteiger partial charge in [0.15, 0.2) is 0 Å². The van der Waals surface area contributed by atoms with Crippen molar-refractivity contribution >= 4 is 51.7 Å². The average Bonchev–Trinajstić information content (AvgIpc) is 3.08. The molecule has 3 rings (SSSR count). The number of unbranched alkanes of at least 4 members (excludes halogenated alkanes) is 4. The molecule has 0 atom stereocenters. The van der Waals surface area contributed by atoms with Crippen molar-refractivity contribution in [2.75, 3.05) is 31.6 Å². The molecule has 2 aromatic rings. The largest absolute Gasteiger partial charge is 0.382 e. The van der Waals surface area contributed by atoms with Crippen LogP contribution in [0.3, 0.4) is 0 Å². The molecule has 1 aliphatic rings. The van der Waals surface area contributed by atoms with Crippen LogP contribution in [0.5, 0.6) is 0 Å². The van der Waals surface area contributed by atoms with Crippen LogP contribution < -0.4 is 10.9 Å². The SMILES string of the molecule is CCCCCCCN1C(=O)C(=Cc2c(NCCCOCC)nc3ccc(C)cn3c2=O)SC1=S. The minimum absolute atomic E-state index is 0.137. The van der Waals surface area contributed by atoms with E-state index in [1.807, 2.05) is 26.0 Å². The lowest BCUT2D eigenvalue weighted by Crippen LogP contribution is -2.29. The Morgan fingerprint density at radius 3 is 2.71 bits per heavy atom. The number of thiocarbonyl (C=S) groups is 1. The molecule has 1 saturated heterocycles. The monoisotopic (exact) mass is 502 g/mol. The molecule has 2 aromatic heterocycles. The van der Waals surface area contributed by atoms with Crippen molar-refractivity contribution in [3.63, 3.8) is 0 Å². The van der Waals surface area contributed by atoms with Crippen LogP contribution in [-0.4, -0.2) is 50.8 Å². The summed E-state index contributed by atoms with van der Waals surface area (Å²) >= 11 is 6.73. The summed E-state index contributed by atoms with van der Waals surface area (Å²) in [5, 5.41) is 3.27. The second-order valence-corrected chi connectivity index (χ2v) is 10.0. The third-order valence-electron chi connectivity index (χ3n) is 5.60. The van der Waals surface area contributed by atoms with Gasteiger partial charge < -0.3 is 10.1 Å². The molecule has 1 amide bonds. The van der Waals surface area contributed by atoms with Gasteiger partial charge in [0, 0.05) is 32.5 Å². The Bertz CT molecular complexity index is 1110. The number of nitrogens with zero attached hydrogens (tertiary/aromatic N) is 3. The lowest BCUT2D eigenvalue weighted by Gasteiger charge is -2.14. The van der Waals surface area contributed by atoms with E-state index in [1.54, 1.807) is 17.2 Å². The van der Waals surface area contributed by atoms with Crippen molar-refractivity contribution < 1.29 is 9.53 Å². The molecular formula is C25H34N4O3S2. The first kappa shape index (κ1) is 26.4. The van der Waals surface area contributed by atoms with Crippen LogP contribution >= 0.6 is 24.0 Å². The number of nitrogens with one attached hydrogen (secondary N) is 1. The number of rotatable bonds is 13. The highest BCUT2D eigenvalue weighted by Crippen LogP contribution is 2.33. The van der Waals surface area contributed by atoms with E-state index in [2.05, 4.69) is 17.2 Å². The smallest absolute Gasteiger partial charge is 0.267 e. The number of hydrogen-bond acceptors (Lipinski definition) is 7. The zero-order valence-corrected chi connectivity index (χ0v) is 21.9. The summed E-state index contributed by atoms with van der Waals surface area (Å²) in [6.45, 7) is 8.58. The predicted octanol–water partition coefficient (Wildman–Crippen LogP) is 5.01. The Morgan fingerprint density at radius 1 is 1.15 bits per heavy atom. The Kier molecular flexibility index (Phi) is 10.1. The topological polar surface area (TPSA) is 75.9 Å². The van der Waals surface area contributed by atoms with Gasteiger partial charge in [0.25, 0.3) is 11.5 Å². The standard InChI is InChI=1S/C25H34N4O3S2/c1-4-6-7-8-9-14-28-24(31)20(34-25(28)33)16-19-22(26-13-10-15-32-5-2)27-21-12-11-18(3)17-29(21)23(19)30/h11-12,16-17,26H,4-10,13-15H2,1-3H3. The first-order valence-electron chi connectivity index (χ1n) is 12.1. The second-order valence-electron chi connectivity index (χ2n) is 8.34. The van der Waals surface area contributed by atoms with Gasteiger partial charge in [-0.3, -0.25) is 18.9 Å². The van der Waals surface area contributed by atoms with Gasteiger partial charge in [-0.1, -0.05) is 62.7 Å². The van der Waals surface area contributed by atoms with Crippen molar-refractivity contribution in [1.82, 2.24) is 14.3 Å². The number of carbonyl (C=O) groups excluding carboxylic acids is 1. The number of carbonyl (C=O) groups is 1. The van der Waals surface area contributed by atoms with E-state index in [1.165, 1.54) is 35.4 Å². The highest BCUT2D eigenvalue weighted by Gasteiger charge is 2.32. The van der Waals surface area contributed by atoms with Crippen LogP contribution in [0.1, 0.15) is 63.5 Å². The molecule has 1 aliphatic heterocycles. The summed E-state index contributed by atoms with van der Waals surface area (Å²) in [5.41, 5.74) is 1.66.